The topological polar surface area (TPSA) is 82.4 Å². The van der Waals surface area contributed by atoms with Gasteiger partial charge in [-0.3, -0.25) is 4.79 Å². The highest BCUT2D eigenvalue weighted by Gasteiger charge is 2.46. The van der Waals surface area contributed by atoms with Crippen LogP contribution in [0.3, 0.4) is 0 Å². The number of nitrogens with zero attached hydrogens (tertiary/aromatic N) is 3. The standard InChI is InChI=1S/C22H15F5N4O3S/c1-30-15-5-3-4-10(17(15)19(33)31(2)21(30)34)8-16(32)29-20-28-14(9-35-20)11-6-12(23)18(13(24)7-11)22(25,26)27/h3-7,9,17H,8H2,1-2H3/p+1. The molecule has 1 unspecified atom stereocenters. The van der Waals surface area contributed by atoms with Crippen LogP contribution in [0.4, 0.5) is 31.9 Å². The molecule has 1 aromatic heterocycles. The summed E-state index contributed by atoms with van der Waals surface area (Å²) in [7, 11) is 2.86. The van der Waals surface area contributed by atoms with E-state index >= 15 is 0 Å². The maximum Gasteiger partial charge on any atom is 0.500 e. The Bertz CT molecular complexity index is 1340. The number of thiazole rings is 1. The molecular formula is C22H16F5N4O3S+. The SMILES string of the molecule is CN1C(=O)C2C(CC(=O)Nc3nc(-c4cc(F)c(C(F)(F)F)c(F)c4)cs3)=CC=CC2=[N+](C)C1=O. The van der Waals surface area contributed by atoms with Crippen LogP contribution in [0.2, 0.25) is 0 Å². The Morgan fingerprint density at radius 2 is 1.89 bits per heavy atom. The van der Waals surface area contributed by atoms with E-state index in [1.165, 1.54) is 24.1 Å². The van der Waals surface area contributed by atoms with Gasteiger partial charge in [0.15, 0.2) is 5.13 Å². The van der Waals surface area contributed by atoms with E-state index in [0.717, 1.165) is 16.2 Å². The predicted octanol–water partition coefficient (Wildman–Crippen LogP) is 4.22. The van der Waals surface area contributed by atoms with Crippen LogP contribution in [-0.2, 0) is 15.8 Å². The van der Waals surface area contributed by atoms with Crippen molar-refractivity contribution in [3.8, 4) is 11.3 Å². The fourth-order valence-electron chi connectivity index (χ4n) is 3.83. The fraction of sp³-hybridized carbons (Fsp3) is 0.227. The van der Waals surface area contributed by atoms with E-state index in [1.54, 1.807) is 18.2 Å². The van der Waals surface area contributed by atoms with E-state index in [-0.39, 0.29) is 22.8 Å². The number of allylic oxidation sites excluding steroid dienone is 3. The summed E-state index contributed by atoms with van der Waals surface area (Å²) in [5.74, 6) is -5.40. The molecule has 182 valence electrons. The van der Waals surface area contributed by atoms with Crippen molar-refractivity contribution in [2.24, 2.45) is 5.92 Å². The first-order valence-corrected chi connectivity index (χ1v) is 10.9. The van der Waals surface area contributed by atoms with Crippen LogP contribution >= 0.6 is 11.3 Å². The van der Waals surface area contributed by atoms with Gasteiger partial charge in [0.05, 0.1) is 19.8 Å². The van der Waals surface area contributed by atoms with Gasteiger partial charge in [0.1, 0.15) is 28.8 Å². The van der Waals surface area contributed by atoms with Crippen LogP contribution in [0, 0.1) is 17.6 Å². The summed E-state index contributed by atoms with van der Waals surface area (Å²) >= 11 is 0.904. The Morgan fingerprint density at radius 1 is 1.23 bits per heavy atom. The molecule has 35 heavy (non-hydrogen) atoms. The van der Waals surface area contributed by atoms with Crippen LogP contribution in [-0.4, -0.2) is 52.1 Å². The van der Waals surface area contributed by atoms with Crippen molar-refractivity contribution in [1.29, 1.82) is 0 Å². The molecular weight excluding hydrogens is 495 g/mol. The lowest BCUT2D eigenvalue weighted by atomic mass is 9.85. The molecule has 1 aliphatic heterocycles. The van der Waals surface area contributed by atoms with Gasteiger partial charge >= 0.3 is 18.1 Å². The highest BCUT2D eigenvalue weighted by atomic mass is 32.1. The number of carbonyl (C=O) groups is 3. The van der Waals surface area contributed by atoms with E-state index < -0.39 is 47.1 Å². The third-order valence-electron chi connectivity index (χ3n) is 5.52. The first kappa shape index (κ1) is 24.4. The van der Waals surface area contributed by atoms with Crippen LogP contribution in [0.5, 0.6) is 0 Å². The summed E-state index contributed by atoms with van der Waals surface area (Å²) in [5, 5.41) is 3.88. The summed E-state index contributed by atoms with van der Waals surface area (Å²) in [6.45, 7) is 0. The fourth-order valence-corrected chi connectivity index (χ4v) is 4.57. The molecule has 0 saturated heterocycles. The lowest BCUT2D eigenvalue weighted by Gasteiger charge is -2.27. The minimum absolute atomic E-state index is 0.0310. The Balaban J connectivity index is 1.51. The van der Waals surface area contributed by atoms with Gasteiger partial charge in [0.2, 0.25) is 5.91 Å². The average molecular weight is 511 g/mol. The molecule has 2 aromatic rings. The first-order chi connectivity index (χ1) is 16.4. The van der Waals surface area contributed by atoms with Gasteiger partial charge in [-0.05, 0) is 23.8 Å². The second kappa shape index (κ2) is 8.80. The van der Waals surface area contributed by atoms with Crippen LogP contribution in [0.25, 0.3) is 11.3 Å². The number of fused-ring (bicyclic) bond motifs is 1. The number of hydrogen-bond donors (Lipinski definition) is 1. The first-order valence-electron chi connectivity index (χ1n) is 9.99. The van der Waals surface area contributed by atoms with Crippen molar-refractivity contribution in [3.63, 3.8) is 0 Å². The lowest BCUT2D eigenvalue weighted by molar-refractivity contribution is -0.405. The van der Waals surface area contributed by atoms with E-state index in [0.29, 0.717) is 23.4 Å². The number of aromatic nitrogens is 1. The molecule has 1 N–H and O–H groups in total. The smallest absolute Gasteiger partial charge is 0.302 e. The van der Waals surface area contributed by atoms with Crippen molar-refractivity contribution >= 4 is 40.0 Å². The number of benzene rings is 1. The van der Waals surface area contributed by atoms with Crippen molar-refractivity contribution in [2.45, 2.75) is 12.6 Å². The summed E-state index contributed by atoms with van der Waals surface area (Å²) in [5.41, 5.74) is -1.37. The van der Waals surface area contributed by atoms with Crippen LogP contribution < -0.4 is 5.32 Å². The number of anilines is 1. The molecule has 1 aromatic carbocycles. The third-order valence-corrected chi connectivity index (χ3v) is 6.28. The van der Waals surface area contributed by atoms with Gasteiger partial charge in [0, 0.05) is 17.4 Å². The number of alkyl halides is 3. The van der Waals surface area contributed by atoms with E-state index in [1.807, 2.05) is 0 Å². The number of amides is 4. The molecule has 7 nitrogen and oxygen atoms in total. The number of nitrogens with one attached hydrogen (secondary N) is 1. The molecule has 13 heteroatoms. The Hall–Kier alpha value is -3.74. The van der Waals surface area contributed by atoms with Crippen molar-refractivity contribution in [2.75, 3.05) is 19.4 Å². The maximum absolute atomic E-state index is 13.9. The molecule has 0 bridgehead atoms. The zero-order chi connectivity index (χ0) is 25.7. The monoisotopic (exact) mass is 511 g/mol. The van der Waals surface area contributed by atoms with Crippen molar-refractivity contribution < 1.29 is 40.9 Å². The van der Waals surface area contributed by atoms with Crippen molar-refractivity contribution in [3.05, 3.63) is 58.5 Å². The molecule has 2 heterocycles. The Labute approximate surface area is 198 Å². The average Bonchev–Trinajstić information content (AvgIpc) is 3.23. The molecule has 4 amide bonds. The zero-order valence-corrected chi connectivity index (χ0v) is 18.9. The highest BCUT2D eigenvalue weighted by molar-refractivity contribution is 7.14. The maximum atomic E-state index is 13.9. The minimum Gasteiger partial charge on any atom is -0.302 e. The summed E-state index contributed by atoms with van der Waals surface area (Å²) < 4.78 is 67.4. The number of rotatable bonds is 4. The largest absolute Gasteiger partial charge is 0.500 e. The summed E-state index contributed by atoms with van der Waals surface area (Å²) in [6, 6.07) is 0.543. The zero-order valence-electron chi connectivity index (χ0n) is 18.1. The highest BCUT2D eigenvalue weighted by Crippen LogP contribution is 2.36. The molecule has 4 rings (SSSR count). The number of halogens is 5. The number of urea groups is 1. The predicted molar refractivity (Wildman–Crippen MR) is 116 cm³/mol. The molecule has 1 aliphatic carbocycles. The molecule has 0 saturated carbocycles. The van der Waals surface area contributed by atoms with Crippen molar-refractivity contribution in [1.82, 2.24) is 9.88 Å². The molecule has 1 atom stereocenters. The molecule has 0 radical (unpaired) electrons. The van der Waals surface area contributed by atoms with E-state index in [9.17, 15) is 36.3 Å². The van der Waals surface area contributed by atoms with Gasteiger partial charge in [-0.1, -0.05) is 12.2 Å². The quantitative estimate of drug-likeness (QED) is 0.492. The van der Waals surface area contributed by atoms with Gasteiger partial charge in [-0.2, -0.15) is 27.4 Å². The Morgan fingerprint density at radius 3 is 2.51 bits per heavy atom. The van der Waals surface area contributed by atoms with E-state index in [4.69, 9.17) is 0 Å². The summed E-state index contributed by atoms with van der Waals surface area (Å²) in [4.78, 5) is 42.5. The second-order valence-corrected chi connectivity index (χ2v) is 8.63. The number of hydrogen-bond acceptors (Lipinski definition) is 5. The summed E-state index contributed by atoms with van der Waals surface area (Å²) in [6.07, 6.45) is -0.566. The lowest BCUT2D eigenvalue weighted by Crippen LogP contribution is -2.52. The Kier molecular flexibility index (Phi) is 6.13. The normalized spacial score (nSPS) is 18.1. The van der Waals surface area contributed by atoms with Gasteiger partial charge in [-0.25, -0.2) is 18.6 Å². The van der Waals surface area contributed by atoms with E-state index in [2.05, 4.69) is 10.3 Å². The van der Waals surface area contributed by atoms with Gasteiger partial charge in [-0.15, -0.1) is 11.3 Å². The number of carbonyl (C=O) groups excluding carboxylic acids is 3. The number of imide groups is 1. The van der Waals surface area contributed by atoms with Gasteiger partial charge in [0.25, 0.3) is 0 Å². The third kappa shape index (κ3) is 4.50. The molecule has 0 fully saturated rings. The van der Waals surface area contributed by atoms with Crippen LogP contribution in [0.15, 0.2) is 41.3 Å². The molecule has 0 spiro atoms. The molecule has 2 aliphatic rings. The van der Waals surface area contributed by atoms with Gasteiger partial charge < -0.3 is 5.32 Å². The minimum atomic E-state index is -5.19. The van der Waals surface area contributed by atoms with Crippen LogP contribution in [0.1, 0.15) is 12.0 Å². The second-order valence-electron chi connectivity index (χ2n) is 7.77.